The summed E-state index contributed by atoms with van der Waals surface area (Å²) in [5, 5.41) is 6.22. The molecular formula is C13H19N3O. The third kappa shape index (κ3) is 3.75. The monoisotopic (exact) mass is 233 g/mol. The van der Waals surface area contributed by atoms with Crippen molar-refractivity contribution in [1.82, 2.24) is 5.32 Å². The molecule has 92 valence electrons. The van der Waals surface area contributed by atoms with E-state index in [2.05, 4.69) is 10.6 Å². The number of rotatable bonds is 6. The minimum atomic E-state index is 0.0287. The third-order valence-electron chi connectivity index (χ3n) is 2.77. The van der Waals surface area contributed by atoms with Crippen molar-refractivity contribution < 1.29 is 4.79 Å². The van der Waals surface area contributed by atoms with Gasteiger partial charge in [0.05, 0.1) is 0 Å². The number of amides is 1. The summed E-state index contributed by atoms with van der Waals surface area (Å²) in [4.78, 5) is 11.7. The minimum Gasteiger partial charge on any atom is -0.385 e. The van der Waals surface area contributed by atoms with Gasteiger partial charge in [-0.05, 0) is 50.1 Å². The van der Waals surface area contributed by atoms with Crippen molar-refractivity contribution in [3.8, 4) is 0 Å². The van der Waals surface area contributed by atoms with Crippen LogP contribution in [0.1, 0.15) is 29.6 Å². The average Bonchev–Trinajstić information content (AvgIpc) is 3.14. The molecule has 4 nitrogen and oxygen atoms in total. The van der Waals surface area contributed by atoms with Crippen LogP contribution >= 0.6 is 0 Å². The number of carbonyl (C=O) groups excluding carboxylic acids is 1. The van der Waals surface area contributed by atoms with Crippen LogP contribution in [0.4, 0.5) is 5.69 Å². The van der Waals surface area contributed by atoms with E-state index in [-0.39, 0.29) is 5.91 Å². The van der Waals surface area contributed by atoms with Crippen LogP contribution in [0.25, 0.3) is 0 Å². The maximum atomic E-state index is 11.7. The van der Waals surface area contributed by atoms with Crippen molar-refractivity contribution in [2.45, 2.75) is 25.3 Å². The normalized spacial score (nSPS) is 14.4. The molecule has 0 saturated heterocycles. The van der Waals surface area contributed by atoms with Crippen molar-refractivity contribution in [1.29, 1.82) is 0 Å². The van der Waals surface area contributed by atoms with Gasteiger partial charge in [0.25, 0.3) is 5.91 Å². The van der Waals surface area contributed by atoms with E-state index >= 15 is 0 Å². The number of nitrogens with two attached hydrogens (primary N) is 1. The van der Waals surface area contributed by atoms with Gasteiger partial charge in [-0.2, -0.15) is 0 Å². The summed E-state index contributed by atoms with van der Waals surface area (Å²) in [6.07, 6.45) is 3.18. The van der Waals surface area contributed by atoms with E-state index in [1.54, 1.807) is 0 Å². The maximum absolute atomic E-state index is 11.7. The Kier molecular flexibility index (Phi) is 3.98. The van der Waals surface area contributed by atoms with Gasteiger partial charge >= 0.3 is 0 Å². The lowest BCUT2D eigenvalue weighted by atomic mass is 10.2. The molecule has 1 aliphatic rings. The molecular weight excluding hydrogens is 214 g/mol. The van der Waals surface area contributed by atoms with E-state index in [1.165, 1.54) is 0 Å². The van der Waals surface area contributed by atoms with Crippen molar-refractivity contribution in [3.05, 3.63) is 29.8 Å². The Morgan fingerprint density at radius 1 is 1.29 bits per heavy atom. The van der Waals surface area contributed by atoms with E-state index in [1.807, 2.05) is 24.3 Å². The first-order valence-corrected chi connectivity index (χ1v) is 6.14. The molecule has 1 aromatic carbocycles. The first-order chi connectivity index (χ1) is 8.29. The van der Waals surface area contributed by atoms with Gasteiger partial charge in [-0.25, -0.2) is 0 Å². The molecule has 0 heterocycles. The highest BCUT2D eigenvalue weighted by Crippen LogP contribution is 2.19. The van der Waals surface area contributed by atoms with Crippen molar-refractivity contribution in [3.63, 3.8) is 0 Å². The van der Waals surface area contributed by atoms with Crippen LogP contribution in [0.2, 0.25) is 0 Å². The standard InChI is InChI=1S/C13H19N3O/c14-8-1-9-15-11-4-2-10(3-5-11)13(17)16-12-6-7-12/h2-5,12,15H,1,6-9,14H2,(H,16,17). The Labute approximate surface area is 102 Å². The van der Waals surface area contributed by atoms with Crippen LogP contribution in [0.3, 0.4) is 0 Å². The first-order valence-electron chi connectivity index (χ1n) is 6.14. The van der Waals surface area contributed by atoms with E-state index in [0.717, 1.165) is 37.1 Å². The van der Waals surface area contributed by atoms with Crippen LogP contribution < -0.4 is 16.4 Å². The van der Waals surface area contributed by atoms with Gasteiger partial charge < -0.3 is 16.4 Å². The van der Waals surface area contributed by atoms with Gasteiger partial charge in [0, 0.05) is 23.8 Å². The van der Waals surface area contributed by atoms with Gasteiger partial charge in [0.2, 0.25) is 0 Å². The largest absolute Gasteiger partial charge is 0.385 e. The predicted octanol–water partition coefficient (Wildman–Crippen LogP) is 1.34. The number of benzene rings is 1. The molecule has 0 bridgehead atoms. The van der Waals surface area contributed by atoms with Gasteiger partial charge in [-0.3, -0.25) is 4.79 Å². The molecule has 1 fully saturated rings. The summed E-state index contributed by atoms with van der Waals surface area (Å²) in [6, 6.07) is 7.96. The molecule has 4 heteroatoms. The Hall–Kier alpha value is -1.55. The molecule has 1 amide bonds. The Morgan fingerprint density at radius 3 is 2.59 bits per heavy atom. The Bertz CT molecular complexity index is 371. The molecule has 0 unspecified atom stereocenters. The molecule has 1 aliphatic carbocycles. The molecule has 1 saturated carbocycles. The maximum Gasteiger partial charge on any atom is 0.251 e. The number of nitrogens with one attached hydrogen (secondary N) is 2. The Morgan fingerprint density at radius 2 is 2.00 bits per heavy atom. The van der Waals surface area contributed by atoms with E-state index in [9.17, 15) is 4.79 Å². The van der Waals surface area contributed by atoms with Crippen molar-refractivity contribution in [2.24, 2.45) is 5.73 Å². The summed E-state index contributed by atoms with van der Waals surface area (Å²) in [5.41, 5.74) is 7.17. The zero-order chi connectivity index (χ0) is 12.1. The zero-order valence-corrected chi connectivity index (χ0v) is 9.91. The highest BCUT2D eigenvalue weighted by Gasteiger charge is 2.23. The number of anilines is 1. The lowest BCUT2D eigenvalue weighted by Gasteiger charge is -2.07. The van der Waals surface area contributed by atoms with Crippen LogP contribution in [0.5, 0.6) is 0 Å². The predicted molar refractivity (Wildman–Crippen MR) is 69.1 cm³/mol. The molecule has 0 aliphatic heterocycles. The fourth-order valence-electron chi connectivity index (χ4n) is 1.57. The third-order valence-corrected chi connectivity index (χ3v) is 2.77. The number of hydrogen-bond donors (Lipinski definition) is 3. The smallest absolute Gasteiger partial charge is 0.251 e. The fraction of sp³-hybridized carbons (Fsp3) is 0.462. The number of hydrogen-bond acceptors (Lipinski definition) is 3. The molecule has 2 rings (SSSR count). The molecule has 0 spiro atoms. The van der Waals surface area contributed by atoms with E-state index in [0.29, 0.717) is 12.6 Å². The average molecular weight is 233 g/mol. The highest BCUT2D eigenvalue weighted by atomic mass is 16.1. The van der Waals surface area contributed by atoms with Gasteiger partial charge in [0.1, 0.15) is 0 Å². The van der Waals surface area contributed by atoms with Crippen LogP contribution in [-0.4, -0.2) is 25.0 Å². The second-order valence-corrected chi connectivity index (χ2v) is 4.39. The molecule has 0 aromatic heterocycles. The van der Waals surface area contributed by atoms with Crippen LogP contribution in [0, 0.1) is 0 Å². The lowest BCUT2D eigenvalue weighted by Crippen LogP contribution is -2.25. The second-order valence-electron chi connectivity index (χ2n) is 4.39. The fourth-order valence-corrected chi connectivity index (χ4v) is 1.57. The summed E-state index contributed by atoms with van der Waals surface area (Å²) < 4.78 is 0. The Balaban J connectivity index is 1.85. The van der Waals surface area contributed by atoms with Crippen LogP contribution in [0.15, 0.2) is 24.3 Å². The highest BCUT2D eigenvalue weighted by molar-refractivity contribution is 5.94. The first kappa shape index (κ1) is 11.9. The molecule has 0 radical (unpaired) electrons. The van der Waals surface area contributed by atoms with Gasteiger partial charge in [-0.15, -0.1) is 0 Å². The van der Waals surface area contributed by atoms with Crippen LogP contribution in [-0.2, 0) is 0 Å². The second kappa shape index (κ2) is 5.68. The van der Waals surface area contributed by atoms with E-state index in [4.69, 9.17) is 5.73 Å². The van der Waals surface area contributed by atoms with Crippen molar-refractivity contribution >= 4 is 11.6 Å². The lowest BCUT2D eigenvalue weighted by molar-refractivity contribution is 0.0951. The molecule has 4 N–H and O–H groups in total. The number of carbonyl (C=O) groups is 1. The summed E-state index contributed by atoms with van der Waals surface area (Å²) in [6.45, 7) is 1.55. The van der Waals surface area contributed by atoms with E-state index < -0.39 is 0 Å². The molecule has 1 aromatic rings. The summed E-state index contributed by atoms with van der Waals surface area (Å²) >= 11 is 0. The topological polar surface area (TPSA) is 67.1 Å². The molecule has 17 heavy (non-hydrogen) atoms. The van der Waals surface area contributed by atoms with Gasteiger partial charge in [0.15, 0.2) is 0 Å². The van der Waals surface area contributed by atoms with Crippen molar-refractivity contribution in [2.75, 3.05) is 18.4 Å². The SMILES string of the molecule is NCCCNc1ccc(C(=O)NC2CC2)cc1. The summed E-state index contributed by atoms with van der Waals surface area (Å²) in [7, 11) is 0. The quantitative estimate of drug-likeness (QED) is 0.649. The minimum absolute atomic E-state index is 0.0287. The molecule has 0 atom stereocenters. The zero-order valence-electron chi connectivity index (χ0n) is 9.91. The summed E-state index contributed by atoms with van der Waals surface area (Å²) in [5.74, 6) is 0.0287. The van der Waals surface area contributed by atoms with Gasteiger partial charge in [-0.1, -0.05) is 0 Å².